The molecule has 5 nitrogen and oxygen atoms in total. The molecule has 3 rings (SSSR count). The predicted molar refractivity (Wildman–Crippen MR) is 111 cm³/mol. The van der Waals surface area contributed by atoms with E-state index >= 15 is 0 Å². The zero-order chi connectivity index (χ0) is 20.8. The van der Waals surface area contributed by atoms with Gasteiger partial charge in [-0.3, -0.25) is 9.59 Å². The van der Waals surface area contributed by atoms with Crippen molar-refractivity contribution in [1.29, 1.82) is 0 Å². The largest absolute Gasteiger partial charge is 0.481 e. The highest BCUT2D eigenvalue weighted by Crippen LogP contribution is 2.18. The molecule has 0 aliphatic rings. The SMILES string of the molecule is CC(Oc1ccc(Cl)cc1)C(=O)Nc1cccc(C(=O)Nc2ccc(F)cc2)c1. The van der Waals surface area contributed by atoms with Crippen LogP contribution in [0.4, 0.5) is 15.8 Å². The summed E-state index contributed by atoms with van der Waals surface area (Å²) in [5.41, 5.74) is 1.27. The van der Waals surface area contributed by atoms with Crippen LogP contribution >= 0.6 is 11.6 Å². The molecule has 1 atom stereocenters. The lowest BCUT2D eigenvalue weighted by atomic mass is 10.1. The van der Waals surface area contributed by atoms with Gasteiger partial charge in [-0.1, -0.05) is 17.7 Å². The molecule has 0 aromatic heterocycles. The first kappa shape index (κ1) is 20.4. The Hall–Kier alpha value is -3.38. The molecule has 3 aromatic carbocycles. The third-order valence-corrected chi connectivity index (χ3v) is 4.24. The maximum Gasteiger partial charge on any atom is 0.265 e. The van der Waals surface area contributed by atoms with E-state index in [0.717, 1.165) is 0 Å². The van der Waals surface area contributed by atoms with Gasteiger partial charge in [0.2, 0.25) is 0 Å². The van der Waals surface area contributed by atoms with Crippen molar-refractivity contribution in [2.75, 3.05) is 10.6 Å². The highest BCUT2D eigenvalue weighted by molar-refractivity contribution is 6.30. The van der Waals surface area contributed by atoms with E-state index in [9.17, 15) is 14.0 Å². The molecule has 0 saturated carbocycles. The number of carbonyl (C=O) groups excluding carboxylic acids is 2. The summed E-state index contributed by atoms with van der Waals surface area (Å²) in [5, 5.41) is 5.97. The van der Waals surface area contributed by atoms with Crippen molar-refractivity contribution < 1.29 is 18.7 Å². The van der Waals surface area contributed by atoms with Gasteiger partial charge >= 0.3 is 0 Å². The molecule has 0 radical (unpaired) electrons. The number of nitrogens with one attached hydrogen (secondary N) is 2. The van der Waals surface area contributed by atoms with Gasteiger partial charge in [-0.2, -0.15) is 0 Å². The van der Waals surface area contributed by atoms with Crippen LogP contribution in [-0.2, 0) is 4.79 Å². The maximum absolute atomic E-state index is 13.0. The number of benzene rings is 3. The minimum atomic E-state index is -0.757. The number of halogens is 2. The summed E-state index contributed by atoms with van der Waals surface area (Å²) in [6.07, 6.45) is -0.757. The Labute approximate surface area is 172 Å². The highest BCUT2D eigenvalue weighted by Gasteiger charge is 2.16. The van der Waals surface area contributed by atoms with Gasteiger partial charge in [0.1, 0.15) is 11.6 Å². The van der Waals surface area contributed by atoms with Crippen molar-refractivity contribution in [2.24, 2.45) is 0 Å². The fraction of sp³-hybridized carbons (Fsp3) is 0.0909. The summed E-state index contributed by atoms with van der Waals surface area (Å²) in [7, 11) is 0. The highest BCUT2D eigenvalue weighted by atomic mass is 35.5. The summed E-state index contributed by atoms with van der Waals surface area (Å²) in [6.45, 7) is 1.62. The minimum absolute atomic E-state index is 0.346. The number of hydrogen-bond acceptors (Lipinski definition) is 3. The molecule has 0 aliphatic heterocycles. The van der Waals surface area contributed by atoms with Gasteiger partial charge in [0, 0.05) is 22.0 Å². The fourth-order valence-corrected chi connectivity index (χ4v) is 2.62. The number of anilines is 2. The fourth-order valence-electron chi connectivity index (χ4n) is 2.49. The molecule has 2 amide bonds. The van der Waals surface area contributed by atoms with Crippen LogP contribution in [0.15, 0.2) is 72.8 Å². The second kappa shape index (κ2) is 9.21. The van der Waals surface area contributed by atoms with Crippen molar-refractivity contribution in [1.82, 2.24) is 0 Å². The van der Waals surface area contributed by atoms with E-state index in [1.807, 2.05) is 0 Å². The molecule has 0 aliphatic carbocycles. The molecule has 2 N–H and O–H groups in total. The predicted octanol–water partition coefficient (Wildman–Crippen LogP) is 5.14. The average Bonchev–Trinajstić information content (AvgIpc) is 2.71. The van der Waals surface area contributed by atoms with E-state index in [1.165, 1.54) is 24.3 Å². The van der Waals surface area contributed by atoms with Crippen molar-refractivity contribution in [2.45, 2.75) is 13.0 Å². The standard InChI is InChI=1S/C22H18ClFN2O3/c1-14(29-20-11-5-16(23)6-12-20)21(27)26-19-4-2-3-15(13-19)22(28)25-18-9-7-17(24)8-10-18/h2-14H,1H3,(H,25,28)(H,26,27). The van der Waals surface area contributed by atoms with Crippen molar-refractivity contribution in [3.8, 4) is 5.75 Å². The van der Waals surface area contributed by atoms with Crippen LogP contribution in [0, 0.1) is 5.82 Å². The average molecular weight is 413 g/mol. The Morgan fingerprint density at radius 2 is 1.62 bits per heavy atom. The van der Waals surface area contributed by atoms with Crippen LogP contribution in [0.1, 0.15) is 17.3 Å². The summed E-state index contributed by atoms with van der Waals surface area (Å²) in [4.78, 5) is 24.8. The van der Waals surface area contributed by atoms with Gasteiger partial charge in [0.05, 0.1) is 0 Å². The molecule has 0 bridgehead atoms. The van der Waals surface area contributed by atoms with Gasteiger partial charge < -0.3 is 15.4 Å². The van der Waals surface area contributed by atoms with Crippen molar-refractivity contribution in [3.05, 3.63) is 89.2 Å². The molecule has 3 aromatic rings. The smallest absolute Gasteiger partial charge is 0.265 e. The van der Waals surface area contributed by atoms with Gasteiger partial charge in [-0.25, -0.2) is 4.39 Å². The molecule has 148 valence electrons. The zero-order valence-electron chi connectivity index (χ0n) is 15.5. The summed E-state index contributed by atoms with van der Waals surface area (Å²) < 4.78 is 18.6. The van der Waals surface area contributed by atoms with Crippen molar-refractivity contribution >= 4 is 34.8 Å². The number of rotatable bonds is 6. The molecular formula is C22H18ClFN2O3. The molecule has 7 heteroatoms. The molecule has 29 heavy (non-hydrogen) atoms. The summed E-state index contributed by atoms with van der Waals surface area (Å²) >= 11 is 5.83. The molecule has 0 saturated heterocycles. The number of amides is 2. The van der Waals surface area contributed by atoms with E-state index in [-0.39, 0.29) is 17.6 Å². The van der Waals surface area contributed by atoms with Crippen LogP contribution in [0.2, 0.25) is 5.02 Å². The second-order valence-electron chi connectivity index (χ2n) is 6.25. The van der Waals surface area contributed by atoms with E-state index < -0.39 is 6.10 Å². The van der Waals surface area contributed by atoms with E-state index in [1.54, 1.807) is 55.5 Å². The summed E-state index contributed by atoms with van der Waals surface area (Å²) in [5.74, 6) is -0.610. The lowest BCUT2D eigenvalue weighted by molar-refractivity contribution is -0.122. The molecular weight excluding hydrogens is 395 g/mol. The minimum Gasteiger partial charge on any atom is -0.481 e. The number of ether oxygens (including phenoxy) is 1. The first-order valence-corrected chi connectivity index (χ1v) is 9.18. The Morgan fingerprint density at radius 1 is 0.931 bits per heavy atom. The third-order valence-electron chi connectivity index (χ3n) is 3.99. The monoisotopic (exact) mass is 412 g/mol. The second-order valence-corrected chi connectivity index (χ2v) is 6.68. The van der Waals surface area contributed by atoms with Gasteiger partial charge in [-0.05, 0) is 73.7 Å². The van der Waals surface area contributed by atoms with Crippen molar-refractivity contribution in [3.63, 3.8) is 0 Å². The van der Waals surface area contributed by atoms with E-state index in [2.05, 4.69) is 10.6 Å². The first-order valence-electron chi connectivity index (χ1n) is 8.81. The Bertz CT molecular complexity index is 1010. The topological polar surface area (TPSA) is 67.4 Å². The van der Waals surface area contributed by atoms with Crippen LogP contribution in [-0.4, -0.2) is 17.9 Å². The maximum atomic E-state index is 13.0. The van der Waals surface area contributed by atoms with Crippen LogP contribution < -0.4 is 15.4 Å². The Kier molecular flexibility index (Phi) is 6.46. The molecule has 0 heterocycles. The number of hydrogen-bond donors (Lipinski definition) is 2. The van der Waals surface area contributed by atoms with Gasteiger partial charge in [0.25, 0.3) is 11.8 Å². The quantitative estimate of drug-likeness (QED) is 0.589. The lowest BCUT2D eigenvalue weighted by Crippen LogP contribution is -2.30. The molecule has 1 unspecified atom stereocenters. The van der Waals surface area contributed by atoms with E-state index in [0.29, 0.717) is 27.7 Å². The van der Waals surface area contributed by atoms with Gasteiger partial charge in [-0.15, -0.1) is 0 Å². The first-order chi connectivity index (χ1) is 13.9. The summed E-state index contributed by atoms with van der Waals surface area (Å²) in [6, 6.07) is 18.6. The molecule has 0 fully saturated rings. The molecule has 0 spiro atoms. The zero-order valence-corrected chi connectivity index (χ0v) is 16.2. The van der Waals surface area contributed by atoms with Crippen LogP contribution in [0.3, 0.4) is 0 Å². The third kappa shape index (κ3) is 5.80. The Balaban J connectivity index is 1.62. The lowest BCUT2D eigenvalue weighted by Gasteiger charge is -2.15. The van der Waals surface area contributed by atoms with E-state index in [4.69, 9.17) is 16.3 Å². The Morgan fingerprint density at radius 3 is 2.31 bits per heavy atom. The number of carbonyl (C=O) groups is 2. The van der Waals surface area contributed by atoms with Gasteiger partial charge in [0.15, 0.2) is 6.10 Å². The van der Waals surface area contributed by atoms with Crippen LogP contribution in [0.5, 0.6) is 5.75 Å². The van der Waals surface area contributed by atoms with Crippen LogP contribution in [0.25, 0.3) is 0 Å². The normalized spacial score (nSPS) is 11.4.